The van der Waals surface area contributed by atoms with E-state index in [1.165, 1.54) is 0 Å². The molecule has 7 nitrogen and oxygen atoms in total. The molecule has 1 atom stereocenters. The maximum Gasteiger partial charge on any atom is 0.217 e. The highest BCUT2D eigenvalue weighted by atomic mass is 16.1. The van der Waals surface area contributed by atoms with E-state index in [4.69, 9.17) is 5.84 Å². The lowest BCUT2D eigenvalue weighted by Crippen LogP contribution is -2.36. The average Bonchev–Trinajstić information content (AvgIpc) is 2.86. The van der Waals surface area contributed by atoms with Crippen LogP contribution in [0.25, 0.3) is 0 Å². The molecule has 21 heavy (non-hydrogen) atoms. The second-order valence-corrected chi connectivity index (χ2v) is 5.81. The second kappa shape index (κ2) is 6.26. The zero-order valence-electron chi connectivity index (χ0n) is 13.1. The van der Waals surface area contributed by atoms with Crippen LogP contribution in [-0.2, 0) is 4.79 Å². The molecule has 1 aromatic heterocycles. The van der Waals surface area contributed by atoms with Crippen molar-refractivity contribution in [3.63, 3.8) is 0 Å². The van der Waals surface area contributed by atoms with E-state index in [0.717, 1.165) is 36.7 Å². The first-order valence-electron chi connectivity index (χ1n) is 7.29. The van der Waals surface area contributed by atoms with Gasteiger partial charge in [0.25, 0.3) is 0 Å². The summed E-state index contributed by atoms with van der Waals surface area (Å²) >= 11 is 0. The summed E-state index contributed by atoms with van der Waals surface area (Å²) in [7, 11) is 0. The number of nitrogens with two attached hydrogens (primary N) is 1. The SMILES string of the molecule is CC(=O)NC1CCN(c2nc(C(C)C)nc(NN)c2C)C1. The van der Waals surface area contributed by atoms with Crippen LogP contribution in [0.3, 0.4) is 0 Å². The zero-order valence-corrected chi connectivity index (χ0v) is 13.1. The minimum Gasteiger partial charge on any atom is -0.354 e. The number of hydrogen-bond acceptors (Lipinski definition) is 6. The van der Waals surface area contributed by atoms with Crippen molar-refractivity contribution < 1.29 is 4.79 Å². The predicted octanol–water partition coefficient (Wildman–Crippen LogP) is 0.909. The van der Waals surface area contributed by atoms with E-state index in [9.17, 15) is 4.79 Å². The second-order valence-electron chi connectivity index (χ2n) is 5.81. The molecule has 116 valence electrons. The number of amides is 1. The minimum absolute atomic E-state index is 0.00782. The van der Waals surface area contributed by atoms with Crippen LogP contribution in [0.2, 0.25) is 0 Å². The third-order valence-electron chi connectivity index (χ3n) is 3.69. The molecule has 1 fully saturated rings. The van der Waals surface area contributed by atoms with E-state index < -0.39 is 0 Å². The number of nitrogens with zero attached hydrogens (tertiary/aromatic N) is 3. The molecule has 2 rings (SSSR count). The fourth-order valence-corrected chi connectivity index (χ4v) is 2.59. The highest BCUT2D eigenvalue weighted by molar-refractivity contribution is 5.73. The maximum atomic E-state index is 11.2. The molecule has 1 aromatic rings. The number of anilines is 2. The lowest BCUT2D eigenvalue weighted by Gasteiger charge is -2.22. The number of rotatable bonds is 4. The van der Waals surface area contributed by atoms with Crippen molar-refractivity contribution in [1.82, 2.24) is 15.3 Å². The molecule has 0 bridgehead atoms. The molecule has 1 aliphatic rings. The Hall–Kier alpha value is -1.89. The lowest BCUT2D eigenvalue weighted by atomic mass is 10.2. The standard InChI is InChI=1S/C14H24N6O/c1-8(2)12-17-13(19-15)9(3)14(18-12)20-6-5-11(7-20)16-10(4)21/h8,11H,5-7,15H2,1-4H3,(H,16,21)(H,17,18,19). The van der Waals surface area contributed by atoms with Crippen molar-refractivity contribution in [3.8, 4) is 0 Å². The highest BCUT2D eigenvalue weighted by Crippen LogP contribution is 2.28. The minimum atomic E-state index is 0.00782. The van der Waals surface area contributed by atoms with Gasteiger partial charge in [-0.3, -0.25) is 4.79 Å². The molecule has 7 heteroatoms. The summed E-state index contributed by atoms with van der Waals surface area (Å²) in [5.41, 5.74) is 3.59. The van der Waals surface area contributed by atoms with Crippen molar-refractivity contribution in [2.24, 2.45) is 5.84 Å². The first kappa shape index (κ1) is 15.5. The zero-order chi connectivity index (χ0) is 15.6. The fourth-order valence-electron chi connectivity index (χ4n) is 2.59. The van der Waals surface area contributed by atoms with Crippen LogP contribution < -0.4 is 21.5 Å². The Bertz CT molecular complexity index is 530. The lowest BCUT2D eigenvalue weighted by molar-refractivity contribution is -0.119. The quantitative estimate of drug-likeness (QED) is 0.564. The Kier molecular flexibility index (Phi) is 4.62. The van der Waals surface area contributed by atoms with Gasteiger partial charge in [0.1, 0.15) is 17.5 Å². The Morgan fingerprint density at radius 1 is 1.43 bits per heavy atom. The fraction of sp³-hybridized carbons (Fsp3) is 0.643. The van der Waals surface area contributed by atoms with Crippen LogP contribution in [0.1, 0.15) is 44.5 Å². The van der Waals surface area contributed by atoms with E-state index >= 15 is 0 Å². The van der Waals surface area contributed by atoms with E-state index in [-0.39, 0.29) is 17.9 Å². The number of carbonyl (C=O) groups is 1. The normalized spacial score (nSPS) is 18.2. The van der Waals surface area contributed by atoms with Gasteiger partial charge in [-0.25, -0.2) is 15.8 Å². The van der Waals surface area contributed by atoms with Gasteiger partial charge in [-0.15, -0.1) is 0 Å². The number of nitrogens with one attached hydrogen (secondary N) is 2. The summed E-state index contributed by atoms with van der Waals surface area (Å²) in [6, 6.07) is 0.175. The van der Waals surface area contributed by atoms with Crippen LogP contribution >= 0.6 is 0 Å². The largest absolute Gasteiger partial charge is 0.354 e. The van der Waals surface area contributed by atoms with Crippen molar-refractivity contribution >= 4 is 17.5 Å². The first-order chi connectivity index (χ1) is 9.92. The van der Waals surface area contributed by atoms with E-state index in [2.05, 4.69) is 39.5 Å². The van der Waals surface area contributed by atoms with Crippen LogP contribution in [0.4, 0.5) is 11.6 Å². The number of hydrazine groups is 1. The molecule has 1 aliphatic heterocycles. The Morgan fingerprint density at radius 3 is 2.71 bits per heavy atom. The number of carbonyl (C=O) groups excluding carboxylic acids is 1. The number of aromatic nitrogens is 2. The molecule has 1 unspecified atom stereocenters. The van der Waals surface area contributed by atoms with Crippen LogP contribution in [0, 0.1) is 6.92 Å². The van der Waals surface area contributed by atoms with Gasteiger partial charge >= 0.3 is 0 Å². The van der Waals surface area contributed by atoms with E-state index in [1.807, 2.05) is 6.92 Å². The van der Waals surface area contributed by atoms with Crippen LogP contribution in [-0.4, -0.2) is 35.0 Å². The molecule has 0 saturated carbocycles. The molecule has 0 spiro atoms. The van der Waals surface area contributed by atoms with Gasteiger partial charge in [0.15, 0.2) is 0 Å². The van der Waals surface area contributed by atoms with Gasteiger partial charge < -0.3 is 15.6 Å². The Labute approximate surface area is 125 Å². The maximum absolute atomic E-state index is 11.2. The summed E-state index contributed by atoms with van der Waals surface area (Å²) in [6.45, 7) is 9.24. The molecule has 0 aromatic carbocycles. The molecule has 1 amide bonds. The summed E-state index contributed by atoms with van der Waals surface area (Å²) in [5.74, 6) is 8.13. The van der Waals surface area contributed by atoms with Crippen LogP contribution in [0.5, 0.6) is 0 Å². The summed E-state index contributed by atoms with van der Waals surface area (Å²) < 4.78 is 0. The van der Waals surface area contributed by atoms with Gasteiger partial charge in [0.2, 0.25) is 5.91 Å². The van der Waals surface area contributed by atoms with E-state index in [0.29, 0.717) is 5.82 Å². The molecule has 4 N–H and O–H groups in total. The molecular formula is C14H24N6O. The summed E-state index contributed by atoms with van der Waals surface area (Å²) in [5, 5.41) is 2.96. The summed E-state index contributed by atoms with van der Waals surface area (Å²) in [4.78, 5) is 22.5. The van der Waals surface area contributed by atoms with Gasteiger partial charge in [0, 0.05) is 37.5 Å². The molecule has 0 aliphatic carbocycles. The first-order valence-corrected chi connectivity index (χ1v) is 7.29. The third-order valence-corrected chi connectivity index (χ3v) is 3.69. The van der Waals surface area contributed by atoms with E-state index in [1.54, 1.807) is 6.92 Å². The monoisotopic (exact) mass is 292 g/mol. The van der Waals surface area contributed by atoms with Crippen LogP contribution in [0.15, 0.2) is 0 Å². The number of hydrogen-bond donors (Lipinski definition) is 3. The molecule has 2 heterocycles. The van der Waals surface area contributed by atoms with Crippen molar-refractivity contribution in [1.29, 1.82) is 0 Å². The smallest absolute Gasteiger partial charge is 0.217 e. The van der Waals surface area contributed by atoms with Crippen molar-refractivity contribution in [2.75, 3.05) is 23.4 Å². The third kappa shape index (κ3) is 3.41. The summed E-state index contributed by atoms with van der Waals surface area (Å²) in [6.07, 6.45) is 0.922. The molecule has 0 radical (unpaired) electrons. The van der Waals surface area contributed by atoms with Gasteiger partial charge in [-0.1, -0.05) is 13.8 Å². The predicted molar refractivity (Wildman–Crippen MR) is 83.1 cm³/mol. The topological polar surface area (TPSA) is 96.2 Å². The van der Waals surface area contributed by atoms with Crippen molar-refractivity contribution in [3.05, 3.63) is 11.4 Å². The van der Waals surface area contributed by atoms with Gasteiger partial charge in [-0.05, 0) is 13.3 Å². The Morgan fingerprint density at radius 2 is 2.14 bits per heavy atom. The highest BCUT2D eigenvalue weighted by Gasteiger charge is 2.26. The van der Waals surface area contributed by atoms with Gasteiger partial charge in [-0.2, -0.15) is 0 Å². The Balaban J connectivity index is 2.27. The van der Waals surface area contributed by atoms with Crippen molar-refractivity contribution in [2.45, 2.75) is 46.1 Å². The molecular weight excluding hydrogens is 268 g/mol. The molecule has 1 saturated heterocycles. The van der Waals surface area contributed by atoms with Gasteiger partial charge in [0.05, 0.1) is 0 Å². The number of nitrogen functional groups attached to an aromatic ring is 1. The average molecular weight is 292 g/mol.